The van der Waals surface area contributed by atoms with Crippen molar-refractivity contribution in [2.24, 2.45) is 0 Å². The molecule has 7 nitrogen and oxygen atoms in total. The molecule has 1 heterocycles. The van der Waals surface area contributed by atoms with Gasteiger partial charge >= 0.3 is 0 Å². The quantitative estimate of drug-likeness (QED) is 0.412. The van der Waals surface area contributed by atoms with Gasteiger partial charge in [-0.3, -0.25) is 4.79 Å². The van der Waals surface area contributed by atoms with Crippen LogP contribution in [0.25, 0.3) is 11.4 Å². The molecule has 0 aliphatic carbocycles. The lowest BCUT2D eigenvalue weighted by atomic mass is 10.2. The van der Waals surface area contributed by atoms with Gasteiger partial charge in [-0.2, -0.15) is 4.98 Å². The second-order valence-electron chi connectivity index (χ2n) is 6.18. The Morgan fingerprint density at radius 2 is 2.00 bits per heavy atom. The minimum atomic E-state index is -0.271. The number of ether oxygens (including phenoxy) is 2. The second-order valence-corrected chi connectivity index (χ2v) is 7.50. The van der Waals surface area contributed by atoms with Crippen molar-refractivity contribution >= 4 is 33.4 Å². The summed E-state index contributed by atoms with van der Waals surface area (Å²) in [6.45, 7) is 4.11. The molecule has 0 N–H and O–H groups in total. The number of methoxy groups -OCH3 is 2. The standard InChI is InChI=1S/C21H19BrClN3O4/c1-4-9-26(21(27)15-11-14(22)6-7-16(15)23)12-19-24-20(25-30-19)13-5-8-17(28-2)18(10-13)29-3/h4-8,10-11H,1,9,12H2,2-3H3. The number of hydrogen-bond donors (Lipinski definition) is 0. The summed E-state index contributed by atoms with van der Waals surface area (Å²) in [5.41, 5.74) is 1.06. The van der Waals surface area contributed by atoms with Crippen molar-refractivity contribution in [1.82, 2.24) is 15.0 Å². The maximum absolute atomic E-state index is 13.0. The Kier molecular flexibility index (Phi) is 7.12. The number of amides is 1. The van der Waals surface area contributed by atoms with Crippen LogP contribution in [0.4, 0.5) is 0 Å². The molecule has 0 fully saturated rings. The van der Waals surface area contributed by atoms with E-state index in [9.17, 15) is 4.79 Å². The molecule has 0 atom stereocenters. The monoisotopic (exact) mass is 491 g/mol. The summed E-state index contributed by atoms with van der Waals surface area (Å²) in [5, 5.41) is 4.37. The lowest BCUT2D eigenvalue weighted by Crippen LogP contribution is -2.31. The van der Waals surface area contributed by atoms with E-state index in [4.69, 9.17) is 25.6 Å². The number of carbonyl (C=O) groups is 1. The first-order chi connectivity index (χ1) is 14.5. The van der Waals surface area contributed by atoms with Crippen LogP contribution in [0.5, 0.6) is 11.5 Å². The van der Waals surface area contributed by atoms with Crippen molar-refractivity contribution in [2.45, 2.75) is 6.54 Å². The van der Waals surface area contributed by atoms with Crippen LogP contribution in [-0.2, 0) is 6.54 Å². The van der Waals surface area contributed by atoms with Crippen molar-refractivity contribution < 1.29 is 18.8 Å². The molecule has 3 aromatic rings. The molecule has 3 rings (SSSR count). The lowest BCUT2D eigenvalue weighted by Gasteiger charge is -2.20. The van der Waals surface area contributed by atoms with Gasteiger partial charge in [0.05, 0.1) is 24.8 Å². The van der Waals surface area contributed by atoms with Crippen LogP contribution < -0.4 is 9.47 Å². The van der Waals surface area contributed by atoms with Crippen molar-refractivity contribution in [3.63, 3.8) is 0 Å². The largest absolute Gasteiger partial charge is 0.493 e. The molecular weight excluding hydrogens is 474 g/mol. The van der Waals surface area contributed by atoms with E-state index in [1.807, 2.05) is 0 Å². The molecule has 0 aliphatic rings. The molecule has 0 aliphatic heterocycles. The van der Waals surface area contributed by atoms with Gasteiger partial charge in [-0.25, -0.2) is 0 Å². The Labute approximate surface area is 187 Å². The van der Waals surface area contributed by atoms with Gasteiger partial charge < -0.3 is 18.9 Å². The summed E-state index contributed by atoms with van der Waals surface area (Å²) in [6, 6.07) is 10.4. The highest BCUT2D eigenvalue weighted by atomic mass is 79.9. The van der Waals surface area contributed by atoms with E-state index in [2.05, 4.69) is 32.6 Å². The third-order valence-electron chi connectivity index (χ3n) is 4.23. The van der Waals surface area contributed by atoms with Gasteiger partial charge in [0, 0.05) is 16.6 Å². The van der Waals surface area contributed by atoms with Crippen LogP contribution in [0, 0.1) is 0 Å². The maximum Gasteiger partial charge on any atom is 0.256 e. The Bertz CT molecular complexity index is 1070. The summed E-state index contributed by atoms with van der Waals surface area (Å²) >= 11 is 9.57. The zero-order valence-electron chi connectivity index (χ0n) is 16.4. The van der Waals surface area contributed by atoms with Gasteiger partial charge in [-0.15, -0.1) is 6.58 Å². The minimum Gasteiger partial charge on any atom is -0.493 e. The molecule has 1 amide bonds. The summed E-state index contributed by atoms with van der Waals surface area (Å²) in [6.07, 6.45) is 1.62. The molecule has 9 heteroatoms. The van der Waals surface area contributed by atoms with Crippen LogP contribution in [0.3, 0.4) is 0 Å². The number of rotatable bonds is 8. The number of halogens is 2. The Hall–Kier alpha value is -2.84. The van der Waals surface area contributed by atoms with Gasteiger partial charge in [-0.1, -0.05) is 38.8 Å². The molecule has 0 radical (unpaired) electrons. The predicted molar refractivity (Wildman–Crippen MR) is 117 cm³/mol. The smallest absolute Gasteiger partial charge is 0.256 e. The molecule has 30 heavy (non-hydrogen) atoms. The van der Waals surface area contributed by atoms with Crippen molar-refractivity contribution in [1.29, 1.82) is 0 Å². The van der Waals surface area contributed by atoms with Crippen molar-refractivity contribution in [3.8, 4) is 22.9 Å². The molecule has 0 unspecified atom stereocenters. The number of carbonyl (C=O) groups excluding carboxylic acids is 1. The summed E-state index contributed by atoms with van der Waals surface area (Å²) in [7, 11) is 3.11. The predicted octanol–water partition coefficient (Wildman–Crippen LogP) is 5.00. The SMILES string of the molecule is C=CCN(Cc1nc(-c2ccc(OC)c(OC)c2)no1)C(=O)c1cc(Br)ccc1Cl. The molecule has 1 aromatic heterocycles. The van der Waals surface area contributed by atoms with Crippen LogP contribution in [-0.4, -0.2) is 41.7 Å². The third kappa shape index (κ3) is 4.83. The van der Waals surface area contributed by atoms with E-state index >= 15 is 0 Å². The maximum atomic E-state index is 13.0. The number of hydrogen-bond acceptors (Lipinski definition) is 6. The first kappa shape index (κ1) is 21.9. The molecule has 0 bridgehead atoms. The van der Waals surface area contributed by atoms with E-state index in [0.717, 1.165) is 4.47 Å². The fourth-order valence-electron chi connectivity index (χ4n) is 2.78. The lowest BCUT2D eigenvalue weighted by molar-refractivity contribution is 0.0745. The fourth-order valence-corrected chi connectivity index (χ4v) is 3.34. The van der Waals surface area contributed by atoms with Gasteiger partial charge in [0.15, 0.2) is 11.5 Å². The number of benzene rings is 2. The molecule has 0 saturated heterocycles. The van der Waals surface area contributed by atoms with Gasteiger partial charge in [0.1, 0.15) is 6.54 Å². The van der Waals surface area contributed by atoms with Gasteiger partial charge in [0.2, 0.25) is 11.7 Å². The summed E-state index contributed by atoms with van der Waals surface area (Å²) < 4.78 is 16.7. The average Bonchev–Trinajstić information content (AvgIpc) is 3.22. The highest BCUT2D eigenvalue weighted by molar-refractivity contribution is 9.10. The van der Waals surface area contributed by atoms with E-state index in [1.54, 1.807) is 56.7 Å². The highest BCUT2D eigenvalue weighted by Gasteiger charge is 2.21. The average molecular weight is 493 g/mol. The number of nitrogens with zero attached hydrogens (tertiary/aromatic N) is 3. The normalized spacial score (nSPS) is 10.5. The molecule has 0 saturated carbocycles. The van der Waals surface area contributed by atoms with Crippen LogP contribution >= 0.6 is 27.5 Å². The van der Waals surface area contributed by atoms with E-state index in [0.29, 0.717) is 33.5 Å². The third-order valence-corrected chi connectivity index (χ3v) is 5.05. The Morgan fingerprint density at radius 1 is 1.23 bits per heavy atom. The minimum absolute atomic E-state index is 0.105. The Morgan fingerprint density at radius 3 is 2.70 bits per heavy atom. The number of aromatic nitrogens is 2. The van der Waals surface area contributed by atoms with Gasteiger partial charge in [0.25, 0.3) is 5.91 Å². The van der Waals surface area contributed by atoms with E-state index < -0.39 is 0 Å². The Balaban J connectivity index is 1.84. The van der Waals surface area contributed by atoms with Crippen molar-refractivity contribution in [3.05, 3.63) is 70.0 Å². The van der Waals surface area contributed by atoms with Crippen LogP contribution in [0.1, 0.15) is 16.2 Å². The fraction of sp³-hybridized carbons (Fsp3) is 0.190. The molecule has 2 aromatic carbocycles. The molecule has 156 valence electrons. The topological polar surface area (TPSA) is 77.7 Å². The van der Waals surface area contributed by atoms with E-state index in [1.165, 1.54) is 4.90 Å². The van der Waals surface area contributed by atoms with Gasteiger partial charge in [-0.05, 0) is 36.4 Å². The first-order valence-electron chi connectivity index (χ1n) is 8.87. The van der Waals surface area contributed by atoms with Crippen LogP contribution in [0.15, 0.2) is 58.0 Å². The zero-order chi connectivity index (χ0) is 21.7. The zero-order valence-corrected chi connectivity index (χ0v) is 18.7. The van der Waals surface area contributed by atoms with Crippen LogP contribution in [0.2, 0.25) is 5.02 Å². The van der Waals surface area contributed by atoms with Crippen molar-refractivity contribution in [2.75, 3.05) is 20.8 Å². The first-order valence-corrected chi connectivity index (χ1v) is 10.0. The molecular formula is C21H19BrClN3O4. The summed E-state index contributed by atoms with van der Waals surface area (Å²) in [5.74, 6) is 1.53. The summed E-state index contributed by atoms with van der Waals surface area (Å²) in [4.78, 5) is 18.9. The molecule has 0 spiro atoms. The van der Waals surface area contributed by atoms with E-state index in [-0.39, 0.29) is 24.9 Å². The highest BCUT2D eigenvalue weighted by Crippen LogP contribution is 2.31. The second kappa shape index (κ2) is 9.77.